The summed E-state index contributed by atoms with van der Waals surface area (Å²) in [5.41, 5.74) is 1.04. The van der Waals surface area contributed by atoms with Crippen molar-refractivity contribution in [2.45, 2.75) is 44.3 Å². The Morgan fingerprint density at radius 3 is 2.67 bits per heavy atom. The molecule has 0 saturated heterocycles. The SMILES string of the molecule is COCCOc1ccccc1C(F)(F)C(=O)NCc1ccc2c(c1)CN(C1CCC(=O)CC1=O)C2=O. The molecule has 1 heterocycles. The van der Waals surface area contributed by atoms with Crippen molar-refractivity contribution in [1.82, 2.24) is 10.2 Å². The highest BCUT2D eigenvalue weighted by Crippen LogP contribution is 2.35. The Bertz CT molecular complexity index is 1200. The monoisotopic (exact) mass is 500 g/mol. The number of methoxy groups -OCH3 is 1. The number of ether oxygens (including phenoxy) is 2. The number of Topliss-reactive ketones (excluding diaryl/α,β-unsaturated/α-hetero) is 2. The Morgan fingerprint density at radius 1 is 1.14 bits per heavy atom. The van der Waals surface area contributed by atoms with Crippen molar-refractivity contribution in [3.05, 3.63) is 64.7 Å². The number of ketones is 2. The average molecular weight is 500 g/mol. The summed E-state index contributed by atoms with van der Waals surface area (Å²) in [6.07, 6.45) is 0.380. The number of nitrogens with one attached hydrogen (secondary N) is 1. The maximum Gasteiger partial charge on any atom is 0.353 e. The van der Waals surface area contributed by atoms with Crippen LogP contribution in [0.15, 0.2) is 42.5 Å². The Morgan fingerprint density at radius 2 is 1.92 bits per heavy atom. The lowest BCUT2D eigenvalue weighted by Gasteiger charge is -2.29. The third-order valence-electron chi connectivity index (χ3n) is 6.33. The van der Waals surface area contributed by atoms with E-state index in [4.69, 9.17) is 9.47 Å². The van der Waals surface area contributed by atoms with Gasteiger partial charge in [-0.1, -0.05) is 24.3 Å². The zero-order chi connectivity index (χ0) is 25.9. The molecule has 0 bridgehead atoms. The quantitative estimate of drug-likeness (QED) is 0.420. The fourth-order valence-electron chi connectivity index (χ4n) is 4.45. The third-order valence-corrected chi connectivity index (χ3v) is 6.33. The van der Waals surface area contributed by atoms with Gasteiger partial charge in [0.05, 0.1) is 24.6 Å². The fourth-order valence-corrected chi connectivity index (χ4v) is 4.45. The van der Waals surface area contributed by atoms with E-state index in [1.165, 1.54) is 30.2 Å². The van der Waals surface area contributed by atoms with E-state index in [1.54, 1.807) is 18.2 Å². The molecule has 4 rings (SSSR count). The number of para-hydroxylation sites is 1. The van der Waals surface area contributed by atoms with Crippen molar-refractivity contribution in [2.24, 2.45) is 0 Å². The molecular weight excluding hydrogens is 474 g/mol. The minimum absolute atomic E-state index is 0.0544. The molecule has 2 amide bonds. The van der Waals surface area contributed by atoms with Gasteiger partial charge < -0.3 is 19.7 Å². The summed E-state index contributed by atoms with van der Waals surface area (Å²) in [5.74, 6) is -6.13. The Kier molecular flexibility index (Phi) is 7.44. The van der Waals surface area contributed by atoms with E-state index in [2.05, 4.69) is 5.32 Å². The largest absolute Gasteiger partial charge is 0.491 e. The summed E-state index contributed by atoms with van der Waals surface area (Å²) in [7, 11) is 1.46. The van der Waals surface area contributed by atoms with E-state index in [9.17, 15) is 28.0 Å². The van der Waals surface area contributed by atoms with Gasteiger partial charge in [0.25, 0.3) is 11.8 Å². The summed E-state index contributed by atoms with van der Waals surface area (Å²) in [6.45, 7) is 0.262. The molecule has 8 nitrogen and oxygen atoms in total. The van der Waals surface area contributed by atoms with E-state index in [-0.39, 0.29) is 62.4 Å². The molecule has 2 aromatic rings. The number of hydrogen-bond acceptors (Lipinski definition) is 6. The van der Waals surface area contributed by atoms with Crippen LogP contribution in [0.25, 0.3) is 0 Å². The maximum atomic E-state index is 15.0. The molecular formula is C26H26F2N2O6. The van der Waals surface area contributed by atoms with Crippen LogP contribution in [-0.2, 0) is 38.1 Å². The van der Waals surface area contributed by atoms with Gasteiger partial charge in [-0.05, 0) is 35.7 Å². The minimum atomic E-state index is -3.84. The minimum Gasteiger partial charge on any atom is -0.491 e. The number of hydrogen-bond donors (Lipinski definition) is 1. The van der Waals surface area contributed by atoms with Crippen LogP contribution in [-0.4, -0.2) is 54.6 Å². The van der Waals surface area contributed by atoms with Crippen molar-refractivity contribution < 1.29 is 37.4 Å². The molecule has 1 atom stereocenters. The standard InChI is InChI=1S/C26H26F2N2O6/c1-35-10-11-36-23-5-3-2-4-20(23)26(27,28)25(34)29-14-16-6-8-19-17(12-16)15-30(24(19)33)21-9-7-18(31)13-22(21)32/h2-6,8,12,21H,7,9-11,13-15H2,1H3,(H,29,34). The van der Waals surface area contributed by atoms with E-state index in [0.717, 1.165) is 6.07 Å². The van der Waals surface area contributed by atoms with Gasteiger partial charge >= 0.3 is 5.92 Å². The van der Waals surface area contributed by atoms with Gasteiger partial charge in [-0.2, -0.15) is 8.78 Å². The van der Waals surface area contributed by atoms with Gasteiger partial charge in [0.1, 0.15) is 18.1 Å². The summed E-state index contributed by atoms with van der Waals surface area (Å²) in [5, 5.41) is 2.26. The first-order valence-corrected chi connectivity index (χ1v) is 11.6. The van der Waals surface area contributed by atoms with E-state index >= 15 is 0 Å². The number of carbonyl (C=O) groups is 4. The number of carbonyl (C=O) groups excluding carboxylic acids is 4. The summed E-state index contributed by atoms with van der Waals surface area (Å²) >= 11 is 0. The lowest BCUT2D eigenvalue weighted by atomic mass is 9.92. The smallest absolute Gasteiger partial charge is 0.353 e. The molecule has 1 aliphatic carbocycles. The molecule has 0 radical (unpaired) electrons. The van der Waals surface area contributed by atoms with Crippen molar-refractivity contribution in [3.63, 3.8) is 0 Å². The zero-order valence-electron chi connectivity index (χ0n) is 19.7. The molecule has 36 heavy (non-hydrogen) atoms. The van der Waals surface area contributed by atoms with Crippen molar-refractivity contribution in [2.75, 3.05) is 20.3 Å². The molecule has 2 aromatic carbocycles. The van der Waals surface area contributed by atoms with Crippen molar-refractivity contribution in [1.29, 1.82) is 0 Å². The number of benzene rings is 2. The molecule has 10 heteroatoms. The van der Waals surface area contributed by atoms with E-state index in [0.29, 0.717) is 23.1 Å². The molecule has 0 aromatic heterocycles. The highest BCUT2D eigenvalue weighted by Gasteiger charge is 2.43. The number of rotatable bonds is 9. The van der Waals surface area contributed by atoms with Crippen LogP contribution >= 0.6 is 0 Å². The second-order valence-electron chi connectivity index (χ2n) is 8.76. The van der Waals surface area contributed by atoms with Crippen LogP contribution in [0.5, 0.6) is 5.75 Å². The number of fused-ring (bicyclic) bond motifs is 1. The molecule has 1 fully saturated rings. The number of amides is 2. The highest BCUT2D eigenvalue weighted by molar-refractivity contribution is 6.07. The predicted molar refractivity (Wildman–Crippen MR) is 124 cm³/mol. The lowest BCUT2D eigenvalue weighted by Crippen LogP contribution is -2.44. The first-order chi connectivity index (χ1) is 17.2. The second kappa shape index (κ2) is 10.5. The van der Waals surface area contributed by atoms with Crippen LogP contribution < -0.4 is 10.1 Å². The normalized spacial score (nSPS) is 17.8. The summed E-state index contributed by atoms with van der Waals surface area (Å²) in [6, 6.07) is 9.59. The number of halogens is 2. The zero-order valence-corrected chi connectivity index (χ0v) is 19.7. The van der Waals surface area contributed by atoms with Crippen molar-refractivity contribution in [3.8, 4) is 5.75 Å². The first-order valence-electron chi connectivity index (χ1n) is 11.6. The summed E-state index contributed by atoms with van der Waals surface area (Å²) < 4.78 is 40.2. The van der Waals surface area contributed by atoms with Crippen LogP contribution in [0, 0.1) is 0 Å². The van der Waals surface area contributed by atoms with Crippen LogP contribution in [0.3, 0.4) is 0 Å². The van der Waals surface area contributed by atoms with E-state index < -0.39 is 23.4 Å². The Balaban J connectivity index is 1.42. The molecule has 190 valence electrons. The van der Waals surface area contributed by atoms with Gasteiger partial charge in [0.2, 0.25) is 0 Å². The first kappa shape index (κ1) is 25.4. The second-order valence-corrected chi connectivity index (χ2v) is 8.76. The van der Waals surface area contributed by atoms with Crippen LogP contribution in [0.4, 0.5) is 8.78 Å². The van der Waals surface area contributed by atoms with Gasteiger partial charge in [0.15, 0.2) is 5.78 Å². The fraction of sp³-hybridized carbons (Fsp3) is 0.385. The molecule has 1 saturated carbocycles. The summed E-state index contributed by atoms with van der Waals surface area (Å²) in [4.78, 5) is 50.5. The molecule has 2 aliphatic rings. The predicted octanol–water partition coefficient (Wildman–Crippen LogP) is 2.77. The van der Waals surface area contributed by atoms with Crippen LogP contribution in [0.2, 0.25) is 0 Å². The van der Waals surface area contributed by atoms with Crippen molar-refractivity contribution >= 4 is 23.4 Å². The highest BCUT2D eigenvalue weighted by atomic mass is 19.3. The van der Waals surface area contributed by atoms with Gasteiger partial charge in [-0.25, -0.2) is 0 Å². The lowest BCUT2D eigenvalue weighted by molar-refractivity contribution is -0.147. The van der Waals surface area contributed by atoms with Gasteiger partial charge in [-0.3, -0.25) is 19.2 Å². The molecule has 1 aliphatic heterocycles. The van der Waals surface area contributed by atoms with Gasteiger partial charge in [0, 0.05) is 32.2 Å². The van der Waals surface area contributed by atoms with Crippen LogP contribution in [0.1, 0.15) is 46.3 Å². The number of nitrogens with zero attached hydrogens (tertiary/aromatic N) is 1. The Labute approximate surface area is 206 Å². The van der Waals surface area contributed by atoms with Gasteiger partial charge in [-0.15, -0.1) is 0 Å². The van der Waals surface area contributed by atoms with E-state index in [1.807, 2.05) is 0 Å². The number of alkyl halides is 2. The average Bonchev–Trinajstić information content (AvgIpc) is 3.18. The molecule has 0 spiro atoms. The molecule has 1 N–H and O–H groups in total. The molecule has 1 unspecified atom stereocenters. The topological polar surface area (TPSA) is 102 Å². The maximum absolute atomic E-state index is 15.0. The third kappa shape index (κ3) is 5.13. The Hall–Kier alpha value is -3.66.